The zero-order chi connectivity index (χ0) is 10.9. The highest BCUT2D eigenvalue weighted by Crippen LogP contribution is 2.34. The van der Waals surface area contributed by atoms with E-state index in [-0.39, 0.29) is 11.4 Å². The van der Waals surface area contributed by atoms with Gasteiger partial charge in [-0.05, 0) is 37.5 Å². The van der Waals surface area contributed by atoms with E-state index >= 15 is 0 Å². The predicted octanol–water partition coefficient (Wildman–Crippen LogP) is 2.00. The number of aliphatic hydroxyl groups excluding tert-OH is 1. The number of hydrogen-bond acceptors (Lipinski definition) is 2. The largest absolute Gasteiger partial charge is 0.387 e. The van der Waals surface area contributed by atoms with Crippen LogP contribution in [-0.2, 0) is 0 Å². The molecule has 1 fully saturated rings. The Kier molecular flexibility index (Phi) is 2.76. The molecule has 1 aromatic rings. The molecule has 2 rings (SSSR count). The Bertz CT molecular complexity index is 349. The van der Waals surface area contributed by atoms with Gasteiger partial charge in [0, 0.05) is 12.1 Å². The molecule has 0 saturated heterocycles. The molecule has 0 radical (unpaired) electrons. The number of halogens is 1. The standard InChI is InChI=1S/C12H16FNO/c1-12(5-6-12)14-8-11(15)9-3-2-4-10(13)7-9/h2-4,7,11,14-15H,5-6,8H2,1H3. The Morgan fingerprint density at radius 2 is 2.27 bits per heavy atom. The van der Waals surface area contributed by atoms with Gasteiger partial charge in [0.1, 0.15) is 5.82 Å². The van der Waals surface area contributed by atoms with Gasteiger partial charge in [-0.1, -0.05) is 12.1 Å². The van der Waals surface area contributed by atoms with Crippen LogP contribution in [0.2, 0.25) is 0 Å². The van der Waals surface area contributed by atoms with Crippen LogP contribution in [0.1, 0.15) is 31.4 Å². The van der Waals surface area contributed by atoms with Crippen LogP contribution in [0.3, 0.4) is 0 Å². The average Bonchev–Trinajstić information content (AvgIpc) is 2.94. The Morgan fingerprint density at radius 3 is 2.87 bits per heavy atom. The van der Waals surface area contributed by atoms with E-state index in [0.29, 0.717) is 12.1 Å². The van der Waals surface area contributed by atoms with Crippen molar-refractivity contribution in [2.75, 3.05) is 6.54 Å². The molecule has 0 aliphatic heterocycles. The van der Waals surface area contributed by atoms with Crippen LogP contribution in [0.15, 0.2) is 24.3 Å². The highest BCUT2D eigenvalue weighted by Gasteiger charge is 2.36. The minimum absolute atomic E-state index is 0.203. The van der Waals surface area contributed by atoms with Gasteiger partial charge in [-0.3, -0.25) is 0 Å². The molecule has 1 saturated carbocycles. The number of β-amino-alcohol motifs (C(OH)–C–C–N with tert-alkyl or cyclic N) is 1. The molecule has 1 aliphatic rings. The van der Waals surface area contributed by atoms with Crippen molar-refractivity contribution in [1.82, 2.24) is 5.32 Å². The molecule has 15 heavy (non-hydrogen) atoms. The molecule has 0 amide bonds. The first-order valence-electron chi connectivity index (χ1n) is 5.28. The smallest absolute Gasteiger partial charge is 0.123 e. The van der Waals surface area contributed by atoms with Crippen molar-refractivity contribution >= 4 is 0 Å². The molecule has 0 heterocycles. The van der Waals surface area contributed by atoms with Crippen molar-refractivity contribution in [1.29, 1.82) is 0 Å². The fourth-order valence-electron chi connectivity index (χ4n) is 1.54. The van der Waals surface area contributed by atoms with Gasteiger partial charge < -0.3 is 10.4 Å². The van der Waals surface area contributed by atoms with Gasteiger partial charge in [0.15, 0.2) is 0 Å². The van der Waals surface area contributed by atoms with Crippen LogP contribution in [0, 0.1) is 5.82 Å². The van der Waals surface area contributed by atoms with E-state index in [2.05, 4.69) is 12.2 Å². The van der Waals surface area contributed by atoms with Gasteiger partial charge in [-0.25, -0.2) is 4.39 Å². The Hall–Kier alpha value is -0.930. The van der Waals surface area contributed by atoms with Crippen LogP contribution in [-0.4, -0.2) is 17.2 Å². The maximum absolute atomic E-state index is 12.9. The van der Waals surface area contributed by atoms with E-state index in [4.69, 9.17) is 0 Å². The normalized spacial score (nSPS) is 19.9. The van der Waals surface area contributed by atoms with Crippen molar-refractivity contribution in [3.8, 4) is 0 Å². The first-order chi connectivity index (χ1) is 7.09. The van der Waals surface area contributed by atoms with E-state index in [1.165, 1.54) is 12.1 Å². The summed E-state index contributed by atoms with van der Waals surface area (Å²) < 4.78 is 12.9. The highest BCUT2D eigenvalue weighted by atomic mass is 19.1. The lowest BCUT2D eigenvalue weighted by atomic mass is 10.1. The van der Waals surface area contributed by atoms with E-state index < -0.39 is 6.10 Å². The zero-order valence-corrected chi connectivity index (χ0v) is 8.83. The van der Waals surface area contributed by atoms with Crippen molar-refractivity contribution in [3.05, 3.63) is 35.6 Å². The molecule has 1 aliphatic carbocycles. The third-order valence-electron chi connectivity index (χ3n) is 2.96. The van der Waals surface area contributed by atoms with Crippen molar-refractivity contribution in [3.63, 3.8) is 0 Å². The summed E-state index contributed by atoms with van der Waals surface area (Å²) in [6, 6.07) is 6.12. The van der Waals surface area contributed by atoms with E-state index in [0.717, 1.165) is 12.8 Å². The lowest BCUT2D eigenvalue weighted by Crippen LogP contribution is -2.31. The summed E-state index contributed by atoms with van der Waals surface area (Å²) in [6.45, 7) is 2.62. The number of benzene rings is 1. The molecular formula is C12H16FNO. The molecule has 0 spiro atoms. The monoisotopic (exact) mass is 209 g/mol. The molecule has 2 nitrogen and oxygen atoms in total. The Labute approximate surface area is 89.1 Å². The van der Waals surface area contributed by atoms with Crippen LogP contribution in [0.4, 0.5) is 4.39 Å². The number of aliphatic hydroxyl groups is 1. The predicted molar refractivity (Wildman–Crippen MR) is 57.0 cm³/mol. The third kappa shape index (κ3) is 2.76. The van der Waals surface area contributed by atoms with Gasteiger partial charge in [-0.15, -0.1) is 0 Å². The minimum Gasteiger partial charge on any atom is -0.387 e. The SMILES string of the molecule is CC1(NCC(O)c2cccc(F)c2)CC1. The molecule has 82 valence electrons. The van der Waals surface area contributed by atoms with Gasteiger partial charge in [-0.2, -0.15) is 0 Å². The lowest BCUT2D eigenvalue weighted by molar-refractivity contribution is 0.168. The van der Waals surface area contributed by atoms with Gasteiger partial charge in [0.2, 0.25) is 0 Å². The summed E-state index contributed by atoms with van der Waals surface area (Å²) in [4.78, 5) is 0. The van der Waals surface area contributed by atoms with Gasteiger partial charge in [0.05, 0.1) is 6.10 Å². The first kappa shape index (κ1) is 10.6. The fourth-order valence-corrected chi connectivity index (χ4v) is 1.54. The summed E-state index contributed by atoms with van der Waals surface area (Å²) in [5, 5.41) is 13.1. The van der Waals surface area contributed by atoms with E-state index in [9.17, 15) is 9.50 Å². The second-order valence-electron chi connectivity index (χ2n) is 4.51. The van der Waals surface area contributed by atoms with Crippen molar-refractivity contribution in [2.45, 2.75) is 31.4 Å². The molecule has 1 atom stereocenters. The Balaban J connectivity index is 1.92. The van der Waals surface area contributed by atoms with Crippen molar-refractivity contribution < 1.29 is 9.50 Å². The third-order valence-corrected chi connectivity index (χ3v) is 2.96. The van der Waals surface area contributed by atoms with E-state index in [1.807, 2.05) is 0 Å². The van der Waals surface area contributed by atoms with Crippen LogP contribution in [0.25, 0.3) is 0 Å². The van der Waals surface area contributed by atoms with Gasteiger partial charge in [0.25, 0.3) is 0 Å². The average molecular weight is 209 g/mol. The quantitative estimate of drug-likeness (QED) is 0.795. The summed E-state index contributed by atoms with van der Waals surface area (Å²) in [5.41, 5.74) is 0.834. The number of nitrogens with one attached hydrogen (secondary N) is 1. The van der Waals surface area contributed by atoms with E-state index in [1.54, 1.807) is 12.1 Å². The number of hydrogen-bond donors (Lipinski definition) is 2. The summed E-state index contributed by atoms with van der Waals surface area (Å²) in [7, 11) is 0. The molecule has 1 aromatic carbocycles. The maximum Gasteiger partial charge on any atom is 0.123 e. The second-order valence-corrected chi connectivity index (χ2v) is 4.51. The summed E-state index contributed by atoms with van der Waals surface area (Å²) in [6.07, 6.45) is 1.68. The highest BCUT2D eigenvalue weighted by molar-refractivity contribution is 5.19. The number of rotatable bonds is 4. The maximum atomic E-state index is 12.9. The zero-order valence-electron chi connectivity index (χ0n) is 8.83. The Morgan fingerprint density at radius 1 is 1.53 bits per heavy atom. The molecule has 3 heteroatoms. The lowest BCUT2D eigenvalue weighted by Gasteiger charge is -2.16. The molecule has 1 unspecified atom stereocenters. The fraction of sp³-hybridized carbons (Fsp3) is 0.500. The van der Waals surface area contributed by atoms with Crippen LogP contribution in [0.5, 0.6) is 0 Å². The minimum atomic E-state index is -0.627. The molecule has 0 bridgehead atoms. The summed E-state index contributed by atoms with van der Waals surface area (Å²) in [5.74, 6) is -0.302. The summed E-state index contributed by atoms with van der Waals surface area (Å²) >= 11 is 0. The topological polar surface area (TPSA) is 32.3 Å². The van der Waals surface area contributed by atoms with Gasteiger partial charge >= 0.3 is 0 Å². The van der Waals surface area contributed by atoms with Crippen LogP contribution >= 0.6 is 0 Å². The first-order valence-corrected chi connectivity index (χ1v) is 5.28. The van der Waals surface area contributed by atoms with Crippen molar-refractivity contribution in [2.24, 2.45) is 0 Å². The molecular weight excluding hydrogens is 193 g/mol. The molecule has 0 aromatic heterocycles. The second kappa shape index (κ2) is 3.91. The van der Waals surface area contributed by atoms with Crippen LogP contribution < -0.4 is 5.32 Å². The molecule has 2 N–H and O–H groups in total.